The molecule has 0 bridgehead atoms. The largest absolute Gasteiger partial charge is 0.452 e. The molecule has 1 aromatic carbocycles. The van der Waals surface area contributed by atoms with Crippen LogP contribution in [0.15, 0.2) is 33.6 Å². The molecule has 22 heavy (non-hydrogen) atoms. The lowest BCUT2D eigenvalue weighted by atomic mass is 10.2. The summed E-state index contributed by atoms with van der Waals surface area (Å²) in [5, 5.41) is 7.31. The predicted octanol–water partition coefficient (Wildman–Crippen LogP) is 0.985. The summed E-state index contributed by atoms with van der Waals surface area (Å²) in [6, 6.07) is 5.62. The lowest BCUT2D eigenvalue weighted by Gasteiger charge is -2.11. The van der Waals surface area contributed by atoms with Crippen LogP contribution in [0, 0.1) is 6.92 Å². The van der Waals surface area contributed by atoms with Gasteiger partial charge in [-0.3, -0.25) is 0 Å². The van der Waals surface area contributed by atoms with Crippen LogP contribution in [0.25, 0.3) is 0 Å². The highest BCUT2D eigenvalue weighted by Gasteiger charge is 2.19. The van der Waals surface area contributed by atoms with E-state index in [1.807, 2.05) is 0 Å². The van der Waals surface area contributed by atoms with Gasteiger partial charge in [0.1, 0.15) is 0 Å². The fourth-order valence-corrected chi connectivity index (χ4v) is 2.55. The number of aryl methyl sites for hydroxylation is 1. The summed E-state index contributed by atoms with van der Waals surface area (Å²) in [7, 11) is -0.782. The molecular weight excluding hydrogens is 310 g/mol. The molecule has 0 aliphatic heterocycles. The van der Waals surface area contributed by atoms with E-state index in [9.17, 15) is 13.2 Å². The maximum atomic E-state index is 12.0. The van der Waals surface area contributed by atoms with Crippen molar-refractivity contribution in [2.75, 3.05) is 14.1 Å². The summed E-state index contributed by atoms with van der Waals surface area (Å²) < 4.78 is 35.2. The SMILES string of the molecule is Cc1nnc(COC(=O)c2cccc(S(=O)(=O)N(C)C)c2)o1. The Morgan fingerprint density at radius 3 is 2.64 bits per heavy atom. The molecule has 9 heteroatoms. The second-order valence-corrected chi connectivity index (χ2v) is 6.76. The Hall–Kier alpha value is -2.26. The molecule has 2 rings (SSSR count). The Labute approximate surface area is 127 Å². The van der Waals surface area contributed by atoms with Crippen molar-refractivity contribution in [1.29, 1.82) is 0 Å². The Morgan fingerprint density at radius 2 is 2.05 bits per heavy atom. The van der Waals surface area contributed by atoms with Gasteiger partial charge in [-0.2, -0.15) is 0 Å². The van der Waals surface area contributed by atoms with Gasteiger partial charge in [-0.05, 0) is 18.2 Å². The van der Waals surface area contributed by atoms with Gasteiger partial charge in [-0.25, -0.2) is 17.5 Å². The van der Waals surface area contributed by atoms with Gasteiger partial charge in [-0.1, -0.05) is 6.07 Å². The zero-order valence-electron chi connectivity index (χ0n) is 12.3. The summed E-state index contributed by atoms with van der Waals surface area (Å²) in [5.74, 6) is -0.139. The van der Waals surface area contributed by atoms with Crippen LogP contribution in [0.3, 0.4) is 0 Å². The van der Waals surface area contributed by atoms with Crippen LogP contribution in [0.1, 0.15) is 22.1 Å². The molecule has 0 radical (unpaired) electrons. The minimum absolute atomic E-state index is 0.0144. The van der Waals surface area contributed by atoms with Gasteiger partial charge in [0, 0.05) is 21.0 Å². The molecule has 0 saturated carbocycles. The molecule has 0 saturated heterocycles. The molecule has 0 aliphatic carbocycles. The smallest absolute Gasteiger partial charge is 0.338 e. The molecule has 0 atom stereocenters. The maximum absolute atomic E-state index is 12.0. The lowest BCUT2D eigenvalue weighted by molar-refractivity contribution is 0.0436. The molecule has 2 aromatic rings. The Morgan fingerprint density at radius 1 is 1.32 bits per heavy atom. The van der Waals surface area contributed by atoms with Crippen LogP contribution in [0.5, 0.6) is 0 Å². The number of benzene rings is 1. The Kier molecular flexibility index (Phi) is 4.57. The van der Waals surface area contributed by atoms with Gasteiger partial charge in [0.2, 0.25) is 15.9 Å². The number of esters is 1. The quantitative estimate of drug-likeness (QED) is 0.755. The van der Waals surface area contributed by atoms with Gasteiger partial charge in [-0.15, -0.1) is 10.2 Å². The second kappa shape index (κ2) is 6.24. The fourth-order valence-electron chi connectivity index (χ4n) is 1.60. The molecule has 1 aromatic heterocycles. The first-order chi connectivity index (χ1) is 10.3. The molecule has 1 heterocycles. The van der Waals surface area contributed by atoms with E-state index in [0.717, 1.165) is 4.31 Å². The van der Waals surface area contributed by atoms with Crippen LogP contribution in [-0.4, -0.2) is 43.0 Å². The fraction of sp³-hybridized carbons (Fsp3) is 0.308. The number of hydrogen-bond donors (Lipinski definition) is 0. The normalized spacial score (nSPS) is 11.6. The van der Waals surface area contributed by atoms with E-state index < -0.39 is 16.0 Å². The number of carbonyl (C=O) groups is 1. The molecule has 0 unspecified atom stereocenters. The lowest BCUT2D eigenvalue weighted by Crippen LogP contribution is -2.22. The number of aromatic nitrogens is 2. The summed E-state index contributed by atoms with van der Waals surface area (Å²) >= 11 is 0. The molecule has 0 aliphatic rings. The van der Waals surface area contributed by atoms with E-state index >= 15 is 0 Å². The number of hydrogen-bond acceptors (Lipinski definition) is 7. The monoisotopic (exact) mass is 325 g/mol. The van der Waals surface area contributed by atoms with Crippen molar-refractivity contribution in [2.24, 2.45) is 0 Å². The van der Waals surface area contributed by atoms with Crippen molar-refractivity contribution in [1.82, 2.24) is 14.5 Å². The van der Waals surface area contributed by atoms with Gasteiger partial charge in [0.05, 0.1) is 10.5 Å². The van der Waals surface area contributed by atoms with E-state index in [4.69, 9.17) is 9.15 Å². The molecule has 0 fully saturated rings. The van der Waals surface area contributed by atoms with Crippen LogP contribution in [-0.2, 0) is 21.4 Å². The number of ether oxygens (including phenoxy) is 1. The van der Waals surface area contributed by atoms with Gasteiger partial charge < -0.3 is 9.15 Å². The average Bonchev–Trinajstić information content (AvgIpc) is 2.90. The number of carbonyl (C=O) groups excluding carboxylic acids is 1. The van der Waals surface area contributed by atoms with Crippen molar-refractivity contribution in [3.8, 4) is 0 Å². The van der Waals surface area contributed by atoms with E-state index in [0.29, 0.717) is 5.89 Å². The Bertz CT molecular complexity index is 782. The van der Waals surface area contributed by atoms with Gasteiger partial charge in [0.15, 0.2) is 6.61 Å². The first-order valence-corrected chi connectivity index (χ1v) is 7.73. The third-order valence-electron chi connectivity index (χ3n) is 2.74. The number of sulfonamides is 1. The third-order valence-corrected chi connectivity index (χ3v) is 4.55. The molecule has 0 amide bonds. The van der Waals surface area contributed by atoms with Crippen molar-refractivity contribution in [2.45, 2.75) is 18.4 Å². The topological polar surface area (TPSA) is 103 Å². The first-order valence-electron chi connectivity index (χ1n) is 6.29. The van der Waals surface area contributed by atoms with Gasteiger partial charge in [0.25, 0.3) is 5.89 Å². The van der Waals surface area contributed by atoms with Crippen molar-refractivity contribution >= 4 is 16.0 Å². The third kappa shape index (κ3) is 3.49. The van der Waals surface area contributed by atoms with E-state index in [1.165, 1.54) is 38.4 Å². The van der Waals surface area contributed by atoms with Crippen LogP contribution in [0.2, 0.25) is 0 Å². The number of nitrogens with zero attached hydrogens (tertiary/aromatic N) is 3. The zero-order chi connectivity index (χ0) is 16.3. The zero-order valence-corrected chi connectivity index (χ0v) is 13.1. The summed E-state index contributed by atoms with van der Waals surface area (Å²) in [6.07, 6.45) is 0. The average molecular weight is 325 g/mol. The summed E-state index contributed by atoms with van der Waals surface area (Å²) in [5.41, 5.74) is 0.124. The molecule has 8 nitrogen and oxygen atoms in total. The minimum Gasteiger partial charge on any atom is -0.452 e. The highest BCUT2D eigenvalue weighted by atomic mass is 32.2. The summed E-state index contributed by atoms with van der Waals surface area (Å²) in [4.78, 5) is 12.0. The van der Waals surface area contributed by atoms with E-state index in [1.54, 1.807) is 6.92 Å². The molecule has 0 N–H and O–H groups in total. The molecule has 0 spiro atoms. The number of rotatable bonds is 5. The van der Waals surface area contributed by atoms with Crippen LogP contribution >= 0.6 is 0 Å². The van der Waals surface area contributed by atoms with Crippen LogP contribution < -0.4 is 0 Å². The van der Waals surface area contributed by atoms with Crippen LogP contribution in [0.4, 0.5) is 0 Å². The predicted molar refractivity (Wildman–Crippen MR) is 75.5 cm³/mol. The minimum atomic E-state index is -3.61. The summed E-state index contributed by atoms with van der Waals surface area (Å²) in [6.45, 7) is 1.44. The molecular formula is C13H15N3O5S. The Balaban J connectivity index is 2.14. The standard InChI is InChI=1S/C13H15N3O5S/c1-9-14-15-12(21-9)8-20-13(17)10-5-4-6-11(7-10)22(18,19)16(2)3/h4-7H,8H2,1-3H3. The first kappa shape index (κ1) is 16.1. The van der Waals surface area contributed by atoms with Gasteiger partial charge >= 0.3 is 5.97 Å². The maximum Gasteiger partial charge on any atom is 0.338 e. The van der Waals surface area contributed by atoms with E-state index in [-0.39, 0.29) is 23.0 Å². The van der Waals surface area contributed by atoms with Crippen molar-refractivity contribution < 1.29 is 22.4 Å². The van der Waals surface area contributed by atoms with Crippen molar-refractivity contribution in [3.63, 3.8) is 0 Å². The van der Waals surface area contributed by atoms with Crippen molar-refractivity contribution in [3.05, 3.63) is 41.6 Å². The van der Waals surface area contributed by atoms with E-state index in [2.05, 4.69) is 10.2 Å². The highest BCUT2D eigenvalue weighted by Crippen LogP contribution is 2.16. The second-order valence-electron chi connectivity index (χ2n) is 4.61. The molecule has 118 valence electrons. The highest BCUT2D eigenvalue weighted by molar-refractivity contribution is 7.89.